The molecule has 0 aliphatic carbocycles. The number of aryl methyl sites for hydroxylation is 1. The normalized spacial score (nSPS) is 10.4. The summed E-state index contributed by atoms with van der Waals surface area (Å²) in [5, 5.41) is 11.0. The number of nitrogen functional groups attached to an aromatic ring is 1. The molecule has 21 heavy (non-hydrogen) atoms. The maximum atomic E-state index is 12.0. The Morgan fingerprint density at radius 2 is 2.19 bits per heavy atom. The molecule has 1 amide bonds. The van der Waals surface area contributed by atoms with Crippen LogP contribution in [0.25, 0.3) is 0 Å². The van der Waals surface area contributed by atoms with E-state index in [2.05, 4.69) is 15.5 Å². The number of rotatable bonds is 6. The van der Waals surface area contributed by atoms with Gasteiger partial charge < -0.3 is 15.9 Å². The summed E-state index contributed by atoms with van der Waals surface area (Å²) in [6.45, 7) is 4.18. The van der Waals surface area contributed by atoms with Crippen LogP contribution < -0.4 is 15.9 Å². The third kappa shape index (κ3) is 3.88. The standard InChI is InChI=1S/C13H17N5O2S/c1-3-20-11-7-5-4-6-10(11)15-12(19)8-21-13-17-16-9(2)18(13)14/h4-7H,3,8,14H2,1-2H3,(H,15,19). The molecule has 3 N–H and O–H groups in total. The second kappa shape index (κ2) is 6.98. The first-order valence-corrected chi connectivity index (χ1v) is 7.42. The number of aromatic nitrogens is 3. The van der Waals surface area contributed by atoms with Crippen molar-refractivity contribution in [3.63, 3.8) is 0 Å². The van der Waals surface area contributed by atoms with Gasteiger partial charge in [0.1, 0.15) is 11.6 Å². The highest BCUT2D eigenvalue weighted by molar-refractivity contribution is 7.99. The van der Waals surface area contributed by atoms with E-state index >= 15 is 0 Å². The number of nitrogens with one attached hydrogen (secondary N) is 1. The zero-order chi connectivity index (χ0) is 15.2. The first-order valence-electron chi connectivity index (χ1n) is 6.43. The van der Waals surface area contributed by atoms with E-state index in [4.69, 9.17) is 10.6 Å². The van der Waals surface area contributed by atoms with Crippen LogP contribution in [-0.4, -0.2) is 33.1 Å². The quantitative estimate of drug-likeness (QED) is 0.619. The second-order valence-corrected chi connectivity index (χ2v) is 5.11. The van der Waals surface area contributed by atoms with Crippen LogP contribution in [0.15, 0.2) is 29.4 Å². The number of carbonyl (C=O) groups excluding carboxylic acids is 1. The Balaban J connectivity index is 1.94. The van der Waals surface area contributed by atoms with E-state index in [1.165, 1.54) is 16.4 Å². The molecule has 0 unspecified atom stereocenters. The van der Waals surface area contributed by atoms with Crippen molar-refractivity contribution in [3.05, 3.63) is 30.1 Å². The van der Waals surface area contributed by atoms with Crippen LogP contribution in [0, 0.1) is 6.92 Å². The largest absolute Gasteiger partial charge is 0.492 e. The van der Waals surface area contributed by atoms with E-state index in [1.807, 2.05) is 25.1 Å². The lowest BCUT2D eigenvalue weighted by Gasteiger charge is -2.10. The number of nitrogens with zero attached hydrogens (tertiary/aromatic N) is 3. The van der Waals surface area contributed by atoms with Crippen LogP contribution >= 0.6 is 11.8 Å². The third-order valence-electron chi connectivity index (χ3n) is 2.63. The van der Waals surface area contributed by atoms with E-state index in [1.54, 1.807) is 13.0 Å². The Hall–Kier alpha value is -2.22. The number of ether oxygens (including phenoxy) is 1. The zero-order valence-corrected chi connectivity index (χ0v) is 12.7. The molecule has 1 aromatic heterocycles. The van der Waals surface area contributed by atoms with Gasteiger partial charge in [0, 0.05) is 0 Å². The number of benzene rings is 1. The first kappa shape index (κ1) is 15.2. The SMILES string of the molecule is CCOc1ccccc1NC(=O)CSc1nnc(C)n1N. The summed E-state index contributed by atoms with van der Waals surface area (Å²) in [5.74, 6) is 7.00. The smallest absolute Gasteiger partial charge is 0.234 e. The molecular formula is C13H17N5O2S. The summed E-state index contributed by atoms with van der Waals surface area (Å²) in [5.41, 5.74) is 0.648. The minimum atomic E-state index is -0.159. The average Bonchev–Trinajstić information content (AvgIpc) is 2.79. The highest BCUT2D eigenvalue weighted by atomic mass is 32.2. The predicted molar refractivity (Wildman–Crippen MR) is 81.9 cm³/mol. The van der Waals surface area contributed by atoms with Crippen molar-refractivity contribution in [2.24, 2.45) is 0 Å². The first-order chi connectivity index (χ1) is 10.1. The number of nitrogens with two attached hydrogens (primary N) is 1. The van der Waals surface area contributed by atoms with Crippen molar-refractivity contribution in [3.8, 4) is 5.75 Å². The Morgan fingerprint density at radius 3 is 2.86 bits per heavy atom. The molecule has 0 aliphatic heterocycles. The number of carbonyl (C=O) groups is 1. The number of hydrogen-bond donors (Lipinski definition) is 2. The van der Waals surface area contributed by atoms with E-state index in [0.29, 0.717) is 29.0 Å². The van der Waals surface area contributed by atoms with E-state index < -0.39 is 0 Å². The molecule has 0 saturated heterocycles. The highest BCUT2D eigenvalue weighted by Crippen LogP contribution is 2.24. The van der Waals surface area contributed by atoms with Crippen LogP contribution in [0.5, 0.6) is 5.75 Å². The maximum absolute atomic E-state index is 12.0. The second-order valence-electron chi connectivity index (χ2n) is 4.17. The molecule has 2 aromatic rings. The van der Waals surface area contributed by atoms with Crippen LogP contribution in [-0.2, 0) is 4.79 Å². The molecule has 0 spiro atoms. The molecule has 1 heterocycles. The summed E-state index contributed by atoms with van der Waals surface area (Å²) in [4.78, 5) is 12.0. The Labute approximate surface area is 126 Å². The lowest BCUT2D eigenvalue weighted by molar-refractivity contribution is -0.113. The molecule has 0 bridgehead atoms. The summed E-state index contributed by atoms with van der Waals surface area (Å²) >= 11 is 1.23. The lowest BCUT2D eigenvalue weighted by Crippen LogP contribution is -2.17. The maximum Gasteiger partial charge on any atom is 0.234 e. The fourth-order valence-corrected chi connectivity index (χ4v) is 2.32. The molecule has 0 radical (unpaired) electrons. The van der Waals surface area contributed by atoms with Crippen molar-refractivity contribution in [2.45, 2.75) is 19.0 Å². The summed E-state index contributed by atoms with van der Waals surface area (Å²) in [7, 11) is 0. The van der Waals surface area contributed by atoms with Gasteiger partial charge in [-0.15, -0.1) is 10.2 Å². The molecule has 0 atom stereocenters. The van der Waals surface area contributed by atoms with Gasteiger partial charge in [0.2, 0.25) is 11.1 Å². The highest BCUT2D eigenvalue weighted by Gasteiger charge is 2.11. The fraction of sp³-hybridized carbons (Fsp3) is 0.308. The van der Waals surface area contributed by atoms with Gasteiger partial charge in [-0.1, -0.05) is 23.9 Å². The molecule has 0 aliphatic rings. The third-order valence-corrected chi connectivity index (χ3v) is 3.57. The topological polar surface area (TPSA) is 95.1 Å². The molecule has 7 nitrogen and oxygen atoms in total. The van der Waals surface area contributed by atoms with Crippen molar-refractivity contribution in [1.82, 2.24) is 14.9 Å². The molecule has 0 saturated carbocycles. The number of anilines is 1. The van der Waals surface area contributed by atoms with Crippen molar-refractivity contribution >= 4 is 23.4 Å². The van der Waals surface area contributed by atoms with Crippen LogP contribution in [0.4, 0.5) is 5.69 Å². The van der Waals surface area contributed by atoms with Crippen LogP contribution in [0.3, 0.4) is 0 Å². The number of para-hydroxylation sites is 2. The van der Waals surface area contributed by atoms with E-state index in [-0.39, 0.29) is 11.7 Å². The van der Waals surface area contributed by atoms with Crippen molar-refractivity contribution in [1.29, 1.82) is 0 Å². The predicted octanol–water partition coefficient (Wildman–Crippen LogP) is 1.43. The Bertz CT molecular complexity index is 629. The summed E-state index contributed by atoms with van der Waals surface area (Å²) in [6, 6.07) is 7.30. The number of hydrogen-bond acceptors (Lipinski definition) is 6. The minimum Gasteiger partial charge on any atom is -0.492 e. The Kier molecular flexibility index (Phi) is 5.04. The van der Waals surface area contributed by atoms with Crippen LogP contribution in [0.2, 0.25) is 0 Å². The van der Waals surface area contributed by atoms with Gasteiger partial charge in [-0.05, 0) is 26.0 Å². The van der Waals surface area contributed by atoms with Gasteiger partial charge in [-0.2, -0.15) is 0 Å². The van der Waals surface area contributed by atoms with Crippen molar-refractivity contribution in [2.75, 3.05) is 23.5 Å². The number of thioether (sulfide) groups is 1. The van der Waals surface area contributed by atoms with Gasteiger partial charge in [-0.25, -0.2) is 4.68 Å². The monoisotopic (exact) mass is 307 g/mol. The van der Waals surface area contributed by atoms with Gasteiger partial charge >= 0.3 is 0 Å². The van der Waals surface area contributed by atoms with E-state index in [9.17, 15) is 4.79 Å². The summed E-state index contributed by atoms with van der Waals surface area (Å²) in [6.07, 6.45) is 0. The lowest BCUT2D eigenvalue weighted by atomic mass is 10.3. The van der Waals surface area contributed by atoms with Crippen LogP contribution in [0.1, 0.15) is 12.7 Å². The molecule has 112 valence electrons. The Morgan fingerprint density at radius 1 is 1.43 bits per heavy atom. The molecule has 2 rings (SSSR count). The molecule has 0 fully saturated rings. The zero-order valence-electron chi connectivity index (χ0n) is 11.9. The molecular weight excluding hydrogens is 290 g/mol. The van der Waals surface area contributed by atoms with Gasteiger partial charge in [-0.3, -0.25) is 4.79 Å². The van der Waals surface area contributed by atoms with E-state index in [0.717, 1.165) is 0 Å². The fourth-order valence-electron chi connectivity index (χ4n) is 1.62. The van der Waals surface area contributed by atoms with Crippen molar-refractivity contribution < 1.29 is 9.53 Å². The van der Waals surface area contributed by atoms with Gasteiger partial charge in [0.05, 0.1) is 18.0 Å². The van der Waals surface area contributed by atoms with Gasteiger partial charge in [0.25, 0.3) is 0 Å². The molecule has 1 aromatic carbocycles. The summed E-state index contributed by atoms with van der Waals surface area (Å²) < 4.78 is 6.81. The number of amides is 1. The molecule has 8 heteroatoms. The minimum absolute atomic E-state index is 0.159. The average molecular weight is 307 g/mol. The van der Waals surface area contributed by atoms with Gasteiger partial charge in [0.15, 0.2) is 0 Å².